The van der Waals surface area contributed by atoms with E-state index in [1.54, 1.807) is 18.2 Å². The molecule has 7 heteroatoms. The Morgan fingerprint density at radius 2 is 1.95 bits per heavy atom. The van der Waals surface area contributed by atoms with Crippen LogP contribution in [0.25, 0.3) is 11.0 Å². The molecule has 0 aliphatic carbocycles. The minimum absolute atomic E-state index is 0.179. The van der Waals surface area contributed by atoms with Gasteiger partial charge in [-0.3, -0.25) is 4.31 Å². The minimum atomic E-state index is -3.64. The monoisotopic (exact) mass is 331 g/mol. The van der Waals surface area contributed by atoms with Gasteiger partial charge in [-0.15, -0.1) is 0 Å². The SMILES string of the molecule is CC1CN(S(=O)(=O)c2cccc3nsnc23)c2ccccc21. The van der Waals surface area contributed by atoms with E-state index in [2.05, 4.69) is 8.75 Å². The summed E-state index contributed by atoms with van der Waals surface area (Å²) in [5.74, 6) is 0.179. The summed E-state index contributed by atoms with van der Waals surface area (Å²) >= 11 is 1.03. The summed E-state index contributed by atoms with van der Waals surface area (Å²) in [6.07, 6.45) is 0. The van der Waals surface area contributed by atoms with E-state index in [9.17, 15) is 8.42 Å². The Bertz CT molecular complexity index is 966. The molecule has 1 aliphatic heterocycles. The van der Waals surface area contributed by atoms with Crippen LogP contribution >= 0.6 is 11.7 Å². The Balaban J connectivity index is 1.91. The normalized spacial score (nSPS) is 17.9. The zero-order valence-electron chi connectivity index (χ0n) is 11.8. The van der Waals surface area contributed by atoms with E-state index < -0.39 is 10.0 Å². The molecule has 0 fully saturated rings. The first-order valence-electron chi connectivity index (χ1n) is 6.92. The first-order chi connectivity index (χ1) is 10.6. The van der Waals surface area contributed by atoms with Crippen molar-refractivity contribution in [3.8, 4) is 0 Å². The average Bonchev–Trinajstić information content (AvgIpc) is 3.12. The van der Waals surface area contributed by atoms with Gasteiger partial charge in [0.05, 0.1) is 17.4 Å². The fourth-order valence-electron chi connectivity index (χ4n) is 2.91. The maximum atomic E-state index is 13.1. The molecule has 0 amide bonds. The molecule has 0 radical (unpaired) electrons. The first kappa shape index (κ1) is 13.7. The fraction of sp³-hybridized carbons (Fsp3) is 0.200. The van der Waals surface area contributed by atoms with Crippen LogP contribution in [0.4, 0.5) is 5.69 Å². The van der Waals surface area contributed by atoms with Crippen molar-refractivity contribution in [2.75, 3.05) is 10.8 Å². The van der Waals surface area contributed by atoms with Crippen molar-refractivity contribution in [2.45, 2.75) is 17.7 Å². The number of rotatable bonds is 2. The second kappa shape index (κ2) is 4.76. The quantitative estimate of drug-likeness (QED) is 0.724. The summed E-state index contributed by atoms with van der Waals surface area (Å²) in [7, 11) is -3.64. The van der Waals surface area contributed by atoms with Gasteiger partial charge >= 0.3 is 0 Å². The third-order valence-electron chi connectivity index (χ3n) is 3.99. The molecule has 1 atom stereocenters. The number of benzene rings is 2. The smallest absolute Gasteiger partial charge is 0.265 e. The van der Waals surface area contributed by atoms with Crippen molar-refractivity contribution in [3.63, 3.8) is 0 Å². The lowest BCUT2D eigenvalue weighted by molar-refractivity contribution is 0.591. The maximum absolute atomic E-state index is 13.1. The fourth-order valence-corrected chi connectivity index (χ4v) is 5.25. The van der Waals surface area contributed by atoms with E-state index in [0.29, 0.717) is 17.6 Å². The maximum Gasteiger partial charge on any atom is 0.266 e. The van der Waals surface area contributed by atoms with Gasteiger partial charge in [0.1, 0.15) is 15.9 Å². The van der Waals surface area contributed by atoms with E-state index >= 15 is 0 Å². The van der Waals surface area contributed by atoms with E-state index in [0.717, 1.165) is 23.0 Å². The molecule has 0 saturated carbocycles. The van der Waals surface area contributed by atoms with Crippen molar-refractivity contribution in [1.29, 1.82) is 0 Å². The summed E-state index contributed by atoms with van der Waals surface area (Å²) in [4.78, 5) is 0.225. The Labute approximate surface area is 132 Å². The lowest BCUT2D eigenvalue weighted by Gasteiger charge is -2.19. The van der Waals surface area contributed by atoms with Crippen LogP contribution in [-0.4, -0.2) is 23.7 Å². The zero-order chi connectivity index (χ0) is 15.3. The van der Waals surface area contributed by atoms with Gasteiger partial charge in [-0.05, 0) is 23.8 Å². The van der Waals surface area contributed by atoms with E-state index in [1.165, 1.54) is 4.31 Å². The number of fused-ring (bicyclic) bond motifs is 2. The third kappa shape index (κ3) is 1.85. The predicted molar refractivity (Wildman–Crippen MR) is 86.8 cm³/mol. The Hall–Kier alpha value is -1.99. The molecule has 1 aromatic heterocycles. The van der Waals surface area contributed by atoms with Crippen molar-refractivity contribution in [1.82, 2.24) is 8.75 Å². The van der Waals surface area contributed by atoms with Crippen LogP contribution in [-0.2, 0) is 10.0 Å². The highest BCUT2D eigenvalue weighted by Gasteiger charge is 2.35. The van der Waals surface area contributed by atoms with E-state index in [-0.39, 0.29) is 10.8 Å². The topological polar surface area (TPSA) is 63.2 Å². The third-order valence-corrected chi connectivity index (χ3v) is 6.35. The molecule has 0 N–H and O–H groups in total. The van der Waals surface area contributed by atoms with Crippen LogP contribution in [0, 0.1) is 0 Å². The molecular formula is C15H13N3O2S2. The molecule has 2 aromatic carbocycles. The van der Waals surface area contributed by atoms with Gasteiger partial charge in [-0.25, -0.2) is 8.42 Å². The molecule has 1 aliphatic rings. The number of sulfonamides is 1. The van der Waals surface area contributed by atoms with Crippen LogP contribution < -0.4 is 4.31 Å². The molecule has 22 heavy (non-hydrogen) atoms. The highest BCUT2D eigenvalue weighted by atomic mass is 32.2. The van der Waals surface area contributed by atoms with Crippen molar-refractivity contribution >= 4 is 38.5 Å². The number of nitrogens with zero attached hydrogens (tertiary/aromatic N) is 3. The lowest BCUT2D eigenvalue weighted by atomic mass is 10.0. The molecule has 2 heterocycles. The van der Waals surface area contributed by atoms with Gasteiger partial charge in [0, 0.05) is 12.5 Å². The molecule has 112 valence electrons. The van der Waals surface area contributed by atoms with E-state index in [1.807, 2.05) is 31.2 Å². The van der Waals surface area contributed by atoms with Gasteiger partial charge in [-0.1, -0.05) is 31.2 Å². The van der Waals surface area contributed by atoms with Gasteiger partial charge in [-0.2, -0.15) is 8.75 Å². The van der Waals surface area contributed by atoms with Gasteiger partial charge in [0.15, 0.2) is 0 Å². The van der Waals surface area contributed by atoms with Crippen LogP contribution in [0.2, 0.25) is 0 Å². The van der Waals surface area contributed by atoms with Crippen molar-refractivity contribution in [3.05, 3.63) is 48.0 Å². The van der Waals surface area contributed by atoms with Gasteiger partial charge < -0.3 is 0 Å². The van der Waals surface area contributed by atoms with Crippen molar-refractivity contribution in [2.24, 2.45) is 0 Å². The zero-order valence-corrected chi connectivity index (χ0v) is 13.4. The largest absolute Gasteiger partial charge is 0.266 e. The molecule has 0 saturated heterocycles. The molecule has 0 spiro atoms. The second-order valence-electron chi connectivity index (χ2n) is 5.38. The molecule has 1 unspecified atom stereocenters. The molecule has 4 rings (SSSR count). The lowest BCUT2D eigenvalue weighted by Crippen LogP contribution is -2.29. The Kier molecular flexibility index (Phi) is 2.95. The molecule has 5 nitrogen and oxygen atoms in total. The highest BCUT2D eigenvalue weighted by molar-refractivity contribution is 7.93. The average molecular weight is 331 g/mol. The van der Waals surface area contributed by atoms with Crippen LogP contribution in [0.3, 0.4) is 0 Å². The second-order valence-corrected chi connectivity index (χ2v) is 7.74. The van der Waals surface area contributed by atoms with Gasteiger partial charge in [0.2, 0.25) is 0 Å². The Morgan fingerprint density at radius 3 is 2.82 bits per heavy atom. The Morgan fingerprint density at radius 1 is 1.14 bits per heavy atom. The van der Waals surface area contributed by atoms with Crippen LogP contribution in [0.1, 0.15) is 18.4 Å². The summed E-state index contributed by atoms with van der Waals surface area (Å²) in [5.41, 5.74) is 2.89. The summed E-state index contributed by atoms with van der Waals surface area (Å²) in [6.45, 7) is 2.50. The highest BCUT2D eigenvalue weighted by Crippen LogP contribution is 2.39. The molecular weight excluding hydrogens is 318 g/mol. The number of hydrogen-bond donors (Lipinski definition) is 0. The number of para-hydroxylation sites is 1. The molecule has 0 bridgehead atoms. The standard InChI is InChI=1S/C15H13N3O2S2/c1-10-9-18(13-7-3-2-5-11(10)13)22(19,20)14-8-4-6-12-15(14)17-21-16-12/h2-8,10H,9H2,1H3. The minimum Gasteiger partial charge on any atom is -0.265 e. The number of hydrogen-bond acceptors (Lipinski definition) is 5. The van der Waals surface area contributed by atoms with E-state index in [4.69, 9.17) is 0 Å². The van der Waals surface area contributed by atoms with Crippen LogP contribution in [0.15, 0.2) is 47.4 Å². The molecule has 3 aromatic rings. The predicted octanol–water partition coefficient (Wildman–Crippen LogP) is 3.00. The first-order valence-corrected chi connectivity index (χ1v) is 9.09. The number of anilines is 1. The summed E-state index contributed by atoms with van der Waals surface area (Å²) in [5, 5.41) is 0. The van der Waals surface area contributed by atoms with Crippen molar-refractivity contribution < 1.29 is 8.42 Å². The van der Waals surface area contributed by atoms with Gasteiger partial charge in [0.25, 0.3) is 10.0 Å². The summed E-state index contributed by atoms with van der Waals surface area (Å²) < 4.78 is 36.0. The number of aromatic nitrogens is 2. The van der Waals surface area contributed by atoms with Crippen LogP contribution in [0.5, 0.6) is 0 Å². The summed E-state index contributed by atoms with van der Waals surface area (Å²) in [6, 6.07) is 12.7.